The van der Waals surface area contributed by atoms with Crippen molar-refractivity contribution in [3.63, 3.8) is 0 Å². The topological polar surface area (TPSA) is 38.8 Å². The summed E-state index contributed by atoms with van der Waals surface area (Å²) in [4.78, 5) is 15.2. The van der Waals surface area contributed by atoms with Crippen molar-refractivity contribution in [1.29, 1.82) is 0 Å². The van der Waals surface area contributed by atoms with Crippen molar-refractivity contribution in [2.75, 3.05) is 13.2 Å². The molecule has 0 aromatic heterocycles. The van der Waals surface area contributed by atoms with Crippen molar-refractivity contribution in [3.05, 3.63) is 77.9 Å². The van der Waals surface area contributed by atoms with Crippen LogP contribution in [-0.2, 0) is 14.8 Å². The van der Waals surface area contributed by atoms with E-state index in [-0.39, 0.29) is 17.2 Å². The predicted molar refractivity (Wildman–Crippen MR) is 143 cm³/mol. The van der Waals surface area contributed by atoms with Crippen LogP contribution in [0.25, 0.3) is 6.08 Å². The molecule has 184 valence electrons. The van der Waals surface area contributed by atoms with Crippen LogP contribution in [0, 0.1) is 0 Å². The monoisotopic (exact) mass is 479 g/mol. The van der Waals surface area contributed by atoms with Gasteiger partial charge in [0.25, 0.3) is 0 Å². The molecule has 5 heteroatoms. The minimum atomic E-state index is -1.80. The Morgan fingerprint density at radius 3 is 2.35 bits per heavy atom. The van der Waals surface area contributed by atoms with Gasteiger partial charge >= 0.3 is 6.09 Å². The van der Waals surface area contributed by atoms with Crippen molar-refractivity contribution in [1.82, 2.24) is 4.90 Å². The minimum Gasteiger partial charge on any atom is -0.438 e. The zero-order valence-electron chi connectivity index (χ0n) is 21.8. The number of amides is 1. The zero-order chi connectivity index (χ0) is 25.0. The van der Waals surface area contributed by atoms with Gasteiger partial charge in [0.2, 0.25) is 0 Å². The van der Waals surface area contributed by atoms with Gasteiger partial charge in [-0.25, -0.2) is 4.79 Å². The summed E-state index contributed by atoms with van der Waals surface area (Å²) in [5, 5.41) is 0.182. The van der Waals surface area contributed by atoms with Crippen LogP contribution in [-0.4, -0.2) is 32.5 Å². The SMILES string of the molecule is C=Cc1ccc([C@H](C)N2CCC(CCCO[Si](C)(C)C(C)(C)C)(c3ccccc3)OC2=O)cc1. The molecule has 2 atom stereocenters. The first-order valence-corrected chi connectivity index (χ1v) is 15.3. The van der Waals surface area contributed by atoms with Gasteiger partial charge in [0.1, 0.15) is 5.60 Å². The van der Waals surface area contributed by atoms with E-state index in [0.29, 0.717) is 13.2 Å². The van der Waals surface area contributed by atoms with Gasteiger partial charge in [0, 0.05) is 19.6 Å². The lowest BCUT2D eigenvalue weighted by Gasteiger charge is -2.44. The number of nitrogens with zero attached hydrogens (tertiary/aromatic N) is 1. The second-order valence-electron chi connectivity index (χ2n) is 10.9. The fourth-order valence-corrected chi connectivity index (χ4v) is 5.37. The van der Waals surface area contributed by atoms with Gasteiger partial charge in [0.05, 0.1) is 6.04 Å². The third-order valence-electron chi connectivity index (χ3n) is 7.69. The molecule has 0 saturated carbocycles. The maximum absolute atomic E-state index is 13.3. The zero-order valence-corrected chi connectivity index (χ0v) is 22.8. The summed E-state index contributed by atoms with van der Waals surface area (Å²) in [6.45, 7) is 18.6. The van der Waals surface area contributed by atoms with Gasteiger partial charge in [0.15, 0.2) is 8.32 Å². The van der Waals surface area contributed by atoms with E-state index in [4.69, 9.17) is 9.16 Å². The Morgan fingerprint density at radius 2 is 1.79 bits per heavy atom. The molecule has 1 aliphatic rings. The third kappa shape index (κ3) is 5.81. The molecule has 2 aromatic carbocycles. The lowest BCUT2D eigenvalue weighted by Crippen LogP contribution is -2.49. The molecule has 0 spiro atoms. The van der Waals surface area contributed by atoms with Crippen molar-refractivity contribution < 1.29 is 14.0 Å². The fraction of sp³-hybridized carbons (Fsp3) is 0.483. The average molecular weight is 480 g/mol. The van der Waals surface area contributed by atoms with Gasteiger partial charge < -0.3 is 14.1 Å². The molecule has 1 heterocycles. The number of carbonyl (C=O) groups is 1. The summed E-state index contributed by atoms with van der Waals surface area (Å²) in [6, 6.07) is 18.3. The molecule has 0 bridgehead atoms. The Balaban J connectivity index is 1.72. The molecule has 4 nitrogen and oxygen atoms in total. The van der Waals surface area contributed by atoms with Gasteiger partial charge in [-0.1, -0.05) is 88.0 Å². The minimum absolute atomic E-state index is 0.0537. The third-order valence-corrected chi connectivity index (χ3v) is 12.2. The van der Waals surface area contributed by atoms with Crippen LogP contribution in [0.4, 0.5) is 4.79 Å². The van der Waals surface area contributed by atoms with E-state index in [1.807, 2.05) is 41.3 Å². The van der Waals surface area contributed by atoms with E-state index in [2.05, 4.69) is 71.6 Å². The van der Waals surface area contributed by atoms with Crippen LogP contribution in [0.1, 0.15) is 69.7 Å². The molecule has 1 fully saturated rings. The molecule has 0 aliphatic carbocycles. The lowest BCUT2D eigenvalue weighted by molar-refractivity contribution is -0.0678. The van der Waals surface area contributed by atoms with Crippen LogP contribution in [0.5, 0.6) is 0 Å². The van der Waals surface area contributed by atoms with Crippen LogP contribution in [0.15, 0.2) is 61.2 Å². The largest absolute Gasteiger partial charge is 0.438 e. The molecule has 1 saturated heterocycles. The Kier molecular flexibility index (Phi) is 8.09. The van der Waals surface area contributed by atoms with E-state index in [0.717, 1.165) is 36.0 Å². The Labute approximate surface area is 207 Å². The molecule has 1 unspecified atom stereocenters. The summed E-state index contributed by atoms with van der Waals surface area (Å²) < 4.78 is 12.7. The van der Waals surface area contributed by atoms with Gasteiger partial charge in [-0.2, -0.15) is 0 Å². The summed E-state index contributed by atoms with van der Waals surface area (Å²) >= 11 is 0. The van der Waals surface area contributed by atoms with Crippen LogP contribution < -0.4 is 0 Å². The number of benzene rings is 2. The number of rotatable bonds is 9. The number of cyclic esters (lactones) is 1. The van der Waals surface area contributed by atoms with Gasteiger partial charge in [-0.15, -0.1) is 0 Å². The normalized spacial score (nSPS) is 20.1. The maximum Gasteiger partial charge on any atom is 0.411 e. The molecule has 1 aliphatic heterocycles. The second kappa shape index (κ2) is 10.5. The van der Waals surface area contributed by atoms with Crippen molar-refractivity contribution in [3.8, 4) is 0 Å². The van der Waals surface area contributed by atoms with E-state index in [9.17, 15) is 4.79 Å². The first kappa shape index (κ1) is 26.2. The fourth-order valence-electron chi connectivity index (χ4n) is 4.28. The average Bonchev–Trinajstić information content (AvgIpc) is 2.81. The highest BCUT2D eigenvalue weighted by Crippen LogP contribution is 2.41. The maximum atomic E-state index is 13.3. The molecule has 3 rings (SSSR count). The van der Waals surface area contributed by atoms with Crippen LogP contribution in [0.2, 0.25) is 18.1 Å². The van der Waals surface area contributed by atoms with E-state index in [1.54, 1.807) is 0 Å². The Bertz CT molecular complexity index is 965. The summed E-state index contributed by atoms with van der Waals surface area (Å²) in [5.41, 5.74) is 2.62. The molecular formula is C29H41NO3Si. The highest BCUT2D eigenvalue weighted by atomic mass is 28.4. The van der Waals surface area contributed by atoms with Crippen molar-refractivity contribution in [2.45, 2.75) is 76.7 Å². The van der Waals surface area contributed by atoms with E-state index < -0.39 is 13.9 Å². The summed E-state index contributed by atoms with van der Waals surface area (Å²) in [7, 11) is -1.80. The Morgan fingerprint density at radius 1 is 1.15 bits per heavy atom. The molecule has 2 aromatic rings. The van der Waals surface area contributed by atoms with Crippen molar-refractivity contribution >= 4 is 20.5 Å². The molecule has 0 N–H and O–H groups in total. The number of hydrogen-bond acceptors (Lipinski definition) is 3. The quantitative estimate of drug-likeness (QED) is 0.271. The van der Waals surface area contributed by atoms with Crippen LogP contribution in [0.3, 0.4) is 0 Å². The first-order chi connectivity index (χ1) is 16.0. The molecule has 34 heavy (non-hydrogen) atoms. The lowest BCUT2D eigenvalue weighted by atomic mass is 9.84. The number of ether oxygens (including phenoxy) is 1. The number of hydrogen-bond donors (Lipinski definition) is 0. The highest BCUT2D eigenvalue weighted by Gasteiger charge is 2.43. The molecule has 1 amide bonds. The van der Waals surface area contributed by atoms with Gasteiger partial charge in [-0.05, 0) is 54.6 Å². The summed E-state index contributed by atoms with van der Waals surface area (Å²) in [6.07, 6.45) is 3.95. The van der Waals surface area contributed by atoms with Gasteiger partial charge in [-0.3, -0.25) is 0 Å². The predicted octanol–water partition coefficient (Wildman–Crippen LogP) is 7.93. The molecular weight excluding hydrogens is 438 g/mol. The Hall–Kier alpha value is -2.37. The standard InChI is InChI=1S/C29H41NO3Si/c1-8-24-15-17-25(18-16-24)23(2)30-21-20-29(33-27(30)31,26-13-10-9-11-14-26)19-12-22-32-34(6,7)28(3,4)5/h8-11,13-18,23H,1,12,19-22H2,2-7H3/t23-,29?/m0/s1. The highest BCUT2D eigenvalue weighted by molar-refractivity contribution is 6.74. The number of carbonyl (C=O) groups excluding carboxylic acids is 1. The van der Waals surface area contributed by atoms with Crippen molar-refractivity contribution in [2.24, 2.45) is 0 Å². The second-order valence-corrected chi connectivity index (χ2v) is 15.7. The smallest absolute Gasteiger partial charge is 0.411 e. The summed E-state index contributed by atoms with van der Waals surface area (Å²) in [5.74, 6) is 0. The van der Waals surface area contributed by atoms with E-state index in [1.165, 1.54) is 0 Å². The first-order valence-electron chi connectivity index (χ1n) is 12.4. The van der Waals surface area contributed by atoms with E-state index >= 15 is 0 Å². The molecule has 0 radical (unpaired) electrons. The van der Waals surface area contributed by atoms with Crippen LogP contribution >= 0.6 is 0 Å².